The standard InChI is InChI=1S/C16H17FN2O2/c1-3-13-14(10(2)21-18-13)16(20)19-9-5-7-11-6-4-8-12(17)15(11)19/h4,6,8H,3,5,7,9H2,1-2H3. The SMILES string of the molecule is CCc1noc(C)c1C(=O)N1CCCc2cccc(F)c21. The van der Waals surface area contributed by atoms with Crippen molar-refractivity contribution >= 4 is 11.6 Å². The summed E-state index contributed by atoms with van der Waals surface area (Å²) in [6.45, 7) is 4.14. The van der Waals surface area contributed by atoms with E-state index < -0.39 is 0 Å². The number of para-hydroxylation sites is 1. The molecule has 1 aliphatic heterocycles. The highest BCUT2D eigenvalue weighted by molar-refractivity contribution is 6.08. The maximum Gasteiger partial charge on any atom is 0.263 e. The number of anilines is 1. The fourth-order valence-electron chi connectivity index (χ4n) is 2.87. The number of carbonyl (C=O) groups excluding carboxylic acids is 1. The van der Waals surface area contributed by atoms with Gasteiger partial charge in [0.1, 0.15) is 17.1 Å². The molecule has 0 unspecified atom stereocenters. The van der Waals surface area contributed by atoms with E-state index in [0.717, 1.165) is 18.4 Å². The van der Waals surface area contributed by atoms with Crippen molar-refractivity contribution in [3.63, 3.8) is 0 Å². The number of nitrogens with zero attached hydrogens (tertiary/aromatic N) is 2. The van der Waals surface area contributed by atoms with Crippen LogP contribution in [-0.2, 0) is 12.8 Å². The Hall–Kier alpha value is -2.17. The molecule has 5 heteroatoms. The van der Waals surface area contributed by atoms with Crippen LogP contribution in [0, 0.1) is 12.7 Å². The highest BCUT2D eigenvalue weighted by Crippen LogP contribution is 2.32. The molecular weight excluding hydrogens is 271 g/mol. The van der Waals surface area contributed by atoms with Gasteiger partial charge >= 0.3 is 0 Å². The van der Waals surface area contributed by atoms with Crippen molar-refractivity contribution < 1.29 is 13.7 Å². The fourth-order valence-corrected chi connectivity index (χ4v) is 2.87. The van der Waals surface area contributed by atoms with Crippen LogP contribution in [0.5, 0.6) is 0 Å². The van der Waals surface area contributed by atoms with Gasteiger partial charge in [-0.05, 0) is 37.8 Å². The van der Waals surface area contributed by atoms with Crippen LogP contribution in [0.3, 0.4) is 0 Å². The lowest BCUT2D eigenvalue weighted by Crippen LogP contribution is -2.36. The minimum atomic E-state index is -0.354. The second kappa shape index (κ2) is 5.31. The molecule has 1 amide bonds. The second-order valence-corrected chi connectivity index (χ2v) is 5.22. The smallest absolute Gasteiger partial charge is 0.263 e. The molecule has 0 aliphatic carbocycles. The van der Waals surface area contributed by atoms with Crippen LogP contribution in [0.25, 0.3) is 0 Å². The predicted octanol–water partition coefficient (Wildman–Crippen LogP) is 3.28. The molecule has 0 N–H and O–H groups in total. The van der Waals surface area contributed by atoms with E-state index in [9.17, 15) is 9.18 Å². The summed E-state index contributed by atoms with van der Waals surface area (Å²) >= 11 is 0. The summed E-state index contributed by atoms with van der Waals surface area (Å²) in [6, 6.07) is 4.95. The third kappa shape index (κ3) is 2.22. The lowest BCUT2D eigenvalue weighted by molar-refractivity contribution is 0.0982. The van der Waals surface area contributed by atoms with Gasteiger partial charge in [-0.25, -0.2) is 4.39 Å². The molecule has 21 heavy (non-hydrogen) atoms. The second-order valence-electron chi connectivity index (χ2n) is 5.22. The number of aromatic nitrogens is 1. The summed E-state index contributed by atoms with van der Waals surface area (Å²) in [7, 11) is 0. The minimum absolute atomic E-state index is 0.225. The van der Waals surface area contributed by atoms with Gasteiger partial charge < -0.3 is 9.42 Å². The fraction of sp³-hybridized carbons (Fsp3) is 0.375. The Morgan fingerprint density at radius 2 is 2.29 bits per heavy atom. The Bertz CT molecular complexity index is 694. The molecule has 0 radical (unpaired) electrons. The predicted molar refractivity (Wildman–Crippen MR) is 77.0 cm³/mol. The van der Waals surface area contributed by atoms with Crippen molar-refractivity contribution in [2.75, 3.05) is 11.4 Å². The minimum Gasteiger partial charge on any atom is -0.361 e. The summed E-state index contributed by atoms with van der Waals surface area (Å²) in [6.07, 6.45) is 2.23. The van der Waals surface area contributed by atoms with Crippen LogP contribution in [-0.4, -0.2) is 17.6 Å². The Labute approximate surface area is 122 Å². The quantitative estimate of drug-likeness (QED) is 0.852. The summed E-state index contributed by atoms with van der Waals surface area (Å²) in [4.78, 5) is 14.4. The van der Waals surface area contributed by atoms with Crippen molar-refractivity contribution in [1.29, 1.82) is 0 Å². The molecule has 1 aliphatic rings. The zero-order chi connectivity index (χ0) is 15.0. The first-order chi connectivity index (χ1) is 10.1. The van der Waals surface area contributed by atoms with E-state index in [2.05, 4.69) is 5.16 Å². The summed E-state index contributed by atoms with van der Waals surface area (Å²) in [5.41, 5.74) is 2.37. The van der Waals surface area contributed by atoms with Crippen LogP contribution in [0.1, 0.15) is 40.7 Å². The number of carbonyl (C=O) groups is 1. The monoisotopic (exact) mass is 288 g/mol. The topological polar surface area (TPSA) is 46.3 Å². The maximum absolute atomic E-state index is 14.2. The zero-order valence-electron chi connectivity index (χ0n) is 12.1. The van der Waals surface area contributed by atoms with Gasteiger partial charge in [0.15, 0.2) is 0 Å². The van der Waals surface area contributed by atoms with E-state index in [1.165, 1.54) is 11.0 Å². The van der Waals surface area contributed by atoms with E-state index >= 15 is 0 Å². The largest absolute Gasteiger partial charge is 0.361 e. The van der Waals surface area contributed by atoms with Gasteiger partial charge in [-0.3, -0.25) is 4.79 Å². The molecule has 0 spiro atoms. The van der Waals surface area contributed by atoms with Gasteiger partial charge in [0.05, 0.1) is 11.4 Å². The van der Waals surface area contributed by atoms with Crippen molar-refractivity contribution in [3.05, 3.63) is 46.6 Å². The molecule has 0 fully saturated rings. The highest BCUT2D eigenvalue weighted by Gasteiger charge is 2.30. The first kappa shape index (κ1) is 13.8. The third-order valence-electron chi connectivity index (χ3n) is 3.90. The number of fused-ring (bicyclic) bond motifs is 1. The van der Waals surface area contributed by atoms with Gasteiger partial charge in [-0.1, -0.05) is 24.2 Å². The van der Waals surface area contributed by atoms with Crippen molar-refractivity contribution in [1.82, 2.24) is 5.16 Å². The van der Waals surface area contributed by atoms with Gasteiger partial charge in [-0.2, -0.15) is 0 Å². The molecule has 0 saturated carbocycles. The number of hydrogen-bond acceptors (Lipinski definition) is 3. The maximum atomic E-state index is 14.2. The average Bonchev–Trinajstić information content (AvgIpc) is 2.87. The number of benzene rings is 1. The molecule has 110 valence electrons. The van der Waals surface area contributed by atoms with E-state index in [4.69, 9.17) is 4.52 Å². The molecule has 0 atom stereocenters. The molecular formula is C16H17FN2O2. The number of hydrogen-bond donors (Lipinski definition) is 0. The first-order valence-electron chi connectivity index (χ1n) is 7.18. The van der Waals surface area contributed by atoms with Gasteiger partial charge in [0, 0.05) is 6.54 Å². The molecule has 1 aromatic heterocycles. The summed E-state index contributed by atoms with van der Waals surface area (Å²) in [5, 5.41) is 3.91. The Morgan fingerprint density at radius 3 is 3.05 bits per heavy atom. The molecule has 2 aromatic rings. The van der Waals surface area contributed by atoms with E-state index in [1.54, 1.807) is 13.0 Å². The van der Waals surface area contributed by atoms with E-state index in [-0.39, 0.29) is 11.7 Å². The van der Waals surface area contributed by atoms with Crippen LogP contribution >= 0.6 is 0 Å². The molecule has 1 aromatic carbocycles. The van der Waals surface area contributed by atoms with Gasteiger partial charge in [0.2, 0.25) is 0 Å². The molecule has 4 nitrogen and oxygen atoms in total. The van der Waals surface area contributed by atoms with Gasteiger partial charge in [-0.15, -0.1) is 0 Å². The molecule has 0 bridgehead atoms. The average molecular weight is 288 g/mol. The van der Waals surface area contributed by atoms with Crippen molar-refractivity contribution in [2.24, 2.45) is 0 Å². The number of halogens is 1. The first-order valence-corrected chi connectivity index (χ1v) is 7.18. The highest BCUT2D eigenvalue weighted by atomic mass is 19.1. The Balaban J connectivity index is 2.07. The van der Waals surface area contributed by atoms with Crippen molar-refractivity contribution in [2.45, 2.75) is 33.1 Å². The molecule has 0 saturated heterocycles. The van der Waals surface area contributed by atoms with Crippen LogP contribution in [0.2, 0.25) is 0 Å². The van der Waals surface area contributed by atoms with Crippen LogP contribution in [0.15, 0.2) is 22.7 Å². The van der Waals surface area contributed by atoms with Gasteiger partial charge in [0.25, 0.3) is 5.91 Å². The van der Waals surface area contributed by atoms with Crippen molar-refractivity contribution in [3.8, 4) is 0 Å². The van der Waals surface area contributed by atoms with Crippen LogP contribution in [0.4, 0.5) is 10.1 Å². The van der Waals surface area contributed by atoms with Crippen LogP contribution < -0.4 is 4.90 Å². The van der Waals surface area contributed by atoms with E-state index in [1.807, 2.05) is 13.0 Å². The molecule has 3 rings (SSSR count). The number of rotatable bonds is 2. The Kier molecular flexibility index (Phi) is 3.49. The third-order valence-corrected chi connectivity index (χ3v) is 3.90. The lowest BCUT2D eigenvalue weighted by Gasteiger charge is -2.29. The number of amides is 1. The summed E-state index contributed by atoms with van der Waals surface area (Å²) in [5.74, 6) is -0.0929. The lowest BCUT2D eigenvalue weighted by atomic mass is 10.00. The zero-order valence-corrected chi connectivity index (χ0v) is 12.1. The number of aryl methyl sites for hydroxylation is 3. The summed E-state index contributed by atoms with van der Waals surface area (Å²) < 4.78 is 19.3. The van der Waals surface area contributed by atoms with E-state index in [0.29, 0.717) is 35.7 Å². The normalized spacial score (nSPS) is 14.1. The Morgan fingerprint density at radius 1 is 1.48 bits per heavy atom. The molecule has 2 heterocycles.